The van der Waals surface area contributed by atoms with Crippen LogP contribution in [0.3, 0.4) is 0 Å². The Morgan fingerprint density at radius 3 is 1.69 bits per heavy atom. The van der Waals surface area contributed by atoms with E-state index in [1.165, 1.54) is 18.3 Å². The Hall–Kier alpha value is -1.54. The van der Waals surface area contributed by atoms with Crippen molar-refractivity contribution in [3.63, 3.8) is 0 Å². The van der Waals surface area contributed by atoms with Crippen molar-refractivity contribution in [2.45, 2.75) is 58.5 Å². The minimum atomic E-state index is -6.02. The Morgan fingerprint density at radius 1 is 0.795 bits per heavy atom. The van der Waals surface area contributed by atoms with Crippen LogP contribution in [-0.4, -0.2) is 36.1 Å². The lowest BCUT2D eigenvalue weighted by molar-refractivity contribution is -0.161. The average molecular weight is 755 g/mol. The van der Waals surface area contributed by atoms with Crippen molar-refractivity contribution in [2.75, 3.05) is 11.9 Å². The highest BCUT2D eigenvalue weighted by atomic mass is 127. The van der Waals surface area contributed by atoms with Gasteiger partial charge in [0.25, 0.3) is 0 Å². The van der Waals surface area contributed by atoms with Crippen LogP contribution in [0.4, 0.5) is 8.78 Å². The van der Waals surface area contributed by atoms with E-state index in [-0.39, 0.29) is 17.5 Å². The number of benzene rings is 3. The number of halogens is 4. The predicted octanol–water partition coefficient (Wildman–Crippen LogP) is 7.79. The second kappa shape index (κ2) is 17.3. The molecule has 0 atom stereocenters. The van der Waals surface area contributed by atoms with E-state index < -0.39 is 21.3 Å². The van der Waals surface area contributed by atoms with Crippen molar-refractivity contribution in [1.29, 1.82) is 0 Å². The van der Waals surface area contributed by atoms with Gasteiger partial charge in [0.1, 0.15) is 0 Å². The number of unbranched alkanes of at least 4 members (excludes halogenated alkanes) is 5. The Morgan fingerprint density at radius 2 is 1.23 bits per heavy atom. The number of hydrogen-bond acceptors (Lipinski definition) is 5. The molecule has 0 heterocycles. The van der Waals surface area contributed by atoms with Gasteiger partial charge in [-0.2, -0.15) is 8.78 Å². The van der Waals surface area contributed by atoms with Gasteiger partial charge in [-0.1, -0.05) is 78.0 Å². The number of ether oxygens (including phenoxy) is 1. The van der Waals surface area contributed by atoms with Crippen molar-refractivity contribution < 1.29 is 31.3 Å². The molecule has 3 aromatic rings. The fraction of sp³-hybridized carbons (Fsp3) is 0.321. The van der Waals surface area contributed by atoms with Crippen molar-refractivity contribution in [2.24, 2.45) is 0 Å². The minimum absolute atomic E-state index is 0.0262. The number of alkyl halides is 3. The summed E-state index contributed by atoms with van der Waals surface area (Å²) in [5.41, 5.74) is 0. The Balaban J connectivity index is 0.000000274. The van der Waals surface area contributed by atoms with Crippen LogP contribution in [0.15, 0.2) is 99.6 Å². The summed E-state index contributed by atoms with van der Waals surface area (Å²) in [4.78, 5) is 14.8. The lowest BCUT2D eigenvalue weighted by Crippen LogP contribution is -2.39. The molecule has 0 aliphatic heterocycles. The summed E-state index contributed by atoms with van der Waals surface area (Å²) < 4.78 is 61.0. The van der Waals surface area contributed by atoms with Crippen LogP contribution in [0.5, 0.6) is 0 Å². The topological polar surface area (TPSA) is 83.5 Å². The van der Waals surface area contributed by atoms with E-state index in [1.807, 2.05) is 0 Å². The van der Waals surface area contributed by atoms with Crippen LogP contribution in [0.1, 0.15) is 38.5 Å². The maximum Gasteiger partial charge on any atom is 0.428 e. The highest BCUT2D eigenvalue weighted by molar-refractivity contribution is 14.1. The first-order valence-electron chi connectivity index (χ1n) is 12.2. The van der Waals surface area contributed by atoms with Crippen molar-refractivity contribution >= 4 is 65.5 Å². The minimum Gasteiger partial charge on any atom is -0.743 e. The van der Waals surface area contributed by atoms with Gasteiger partial charge in [-0.3, -0.25) is 0 Å². The molecule has 0 fully saturated rings. The lowest BCUT2D eigenvalue weighted by Gasteiger charge is -2.17. The molecular weight excluding hydrogens is 725 g/mol. The molecule has 0 aliphatic rings. The maximum atomic E-state index is 12.7. The summed E-state index contributed by atoms with van der Waals surface area (Å²) in [5.74, 6) is -2.30. The maximum absolute atomic E-state index is 12.7. The van der Waals surface area contributed by atoms with Crippen LogP contribution >= 0.6 is 38.5 Å². The molecule has 0 amide bonds. The summed E-state index contributed by atoms with van der Waals surface area (Å²) in [6, 6.07) is 30.3. The van der Waals surface area contributed by atoms with Gasteiger partial charge in [-0.05, 0) is 84.0 Å². The van der Waals surface area contributed by atoms with E-state index in [0.29, 0.717) is 12.8 Å². The summed E-state index contributed by atoms with van der Waals surface area (Å²) in [6.45, 7) is -0.317. The van der Waals surface area contributed by atoms with Gasteiger partial charge in [0, 0.05) is 8.90 Å². The molecule has 0 radical (unpaired) electrons. The van der Waals surface area contributed by atoms with Crippen molar-refractivity contribution in [1.82, 2.24) is 0 Å². The molecule has 0 N–H and O–H groups in total. The third kappa shape index (κ3) is 11.5. The standard InChI is InChI=1S/C18H14IS.C10H17BrF2O5S/c19-15-11-13-18(14-12-15)20(16-7-3-1-4-8-16)17-9-5-2-6-10-17;11-7-5-3-1-2-4-6-8-18-9(14)10(12,13)19(15,16)17/h1-14H;1-8H2,(H,15,16,17)/q+1;/p-1. The molecule has 0 aliphatic carbocycles. The number of rotatable bonds is 13. The van der Waals surface area contributed by atoms with Crippen LogP contribution < -0.4 is 0 Å². The van der Waals surface area contributed by atoms with E-state index in [9.17, 15) is 26.5 Å². The molecule has 39 heavy (non-hydrogen) atoms. The highest BCUT2D eigenvalue weighted by Gasteiger charge is 2.48. The molecular formula is C28H30BrF2IO5S2. The molecule has 0 saturated carbocycles. The zero-order valence-electron chi connectivity index (χ0n) is 21.1. The molecule has 0 bridgehead atoms. The zero-order chi connectivity index (χ0) is 28.7. The van der Waals surface area contributed by atoms with Crippen molar-refractivity contribution in [3.05, 3.63) is 88.5 Å². The largest absolute Gasteiger partial charge is 0.743 e. The smallest absolute Gasteiger partial charge is 0.428 e. The number of carbonyl (C=O) groups is 1. The second-order valence-electron chi connectivity index (χ2n) is 8.30. The lowest BCUT2D eigenvalue weighted by atomic mass is 10.1. The number of carbonyl (C=O) groups excluding carboxylic acids is 1. The van der Waals surface area contributed by atoms with Gasteiger partial charge in [0.15, 0.2) is 24.8 Å². The van der Waals surface area contributed by atoms with Gasteiger partial charge >= 0.3 is 11.2 Å². The summed E-state index contributed by atoms with van der Waals surface area (Å²) >= 11 is 5.64. The summed E-state index contributed by atoms with van der Waals surface area (Å²) in [5, 5.41) is -4.08. The van der Waals surface area contributed by atoms with E-state index >= 15 is 0 Å². The summed E-state index contributed by atoms with van der Waals surface area (Å²) in [6.07, 6.45) is 5.02. The van der Waals surface area contributed by atoms with Crippen LogP contribution in [-0.2, 0) is 30.5 Å². The fourth-order valence-corrected chi connectivity index (χ4v) is 6.45. The van der Waals surface area contributed by atoms with Crippen LogP contribution in [0.25, 0.3) is 0 Å². The molecule has 3 rings (SSSR count). The molecule has 11 heteroatoms. The third-order valence-electron chi connectivity index (χ3n) is 5.32. The molecule has 212 valence electrons. The van der Waals surface area contributed by atoms with E-state index in [2.05, 4.69) is 128 Å². The third-order valence-corrected chi connectivity index (χ3v) is 9.63. The van der Waals surface area contributed by atoms with E-state index in [0.717, 1.165) is 31.0 Å². The molecule has 0 unspecified atom stereocenters. The van der Waals surface area contributed by atoms with Crippen LogP contribution in [0.2, 0.25) is 0 Å². The summed E-state index contributed by atoms with van der Waals surface area (Å²) in [7, 11) is -6.05. The molecule has 5 nitrogen and oxygen atoms in total. The first-order chi connectivity index (χ1) is 18.6. The normalized spacial score (nSPS) is 11.5. The Kier molecular flexibility index (Phi) is 14.9. The fourth-order valence-electron chi connectivity index (χ4n) is 3.35. The SMILES string of the molecule is Ic1ccc([S+](c2ccccc2)c2ccccc2)cc1.O=C(OCCCCCCCCBr)C(F)(F)S(=O)(=O)[O-]. The quantitative estimate of drug-likeness (QED) is 0.0445. The second-order valence-corrected chi connectivity index (χ2v) is 13.8. The Labute approximate surface area is 254 Å². The first kappa shape index (κ1) is 33.7. The highest BCUT2D eigenvalue weighted by Crippen LogP contribution is 2.31. The van der Waals surface area contributed by atoms with Crippen molar-refractivity contribution in [3.8, 4) is 0 Å². The number of hydrogen-bond donors (Lipinski definition) is 0. The van der Waals surface area contributed by atoms with Gasteiger partial charge < -0.3 is 9.29 Å². The molecule has 0 spiro atoms. The first-order valence-corrected chi connectivity index (χ1v) is 17.1. The molecule has 3 aromatic carbocycles. The monoisotopic (exact) mass is 754 g/mol. The van der Waals surface area contributed by atoms with Gasteiger partial charge in [-0.25, -0.2) is 13.2 Å². The zero-order valence-corrected chi connectivity index (χ0v) is 26.5. The predicted molar refractivity (Wildman–Crippen MR) is 161 cm³/mol. The molecule has 0 aromatic heterocycles. The van der Waals surface area contributed by atoms with Gasteiger partial charge in [0.2, 0.25) is 0 Å². The molecule has 0 saturated heterocycles. The van der Waals surface area contributed by atoms with E-state index in [4.69, 9.17) is 0 Å². The van der Waals surface area contributed by atoms with Gasteiger partial charge in [0.05, 0.1) is 17.5 Å². The van der Waals surface area contributed by atoms with Crippen LogP contribution in [0, 0.1) is 3.57 Å². The van der Waals surface area contributed by atoms with E-state index in [1.54, 1.807) is 0 Å². The number of esters is 1. The average Bonchev–Trinajstić information content (AvgIpc) is 2.92. The Bertz CT molecular complexity index is 1190. The van der Waals surface area contributed by atoms with Gasteiger partial charge in [-0.15, -0.1) is 0 Å².